The van der Waals surface area contributed by atoms with Crippen molar-refractivity contribution in [1.82, 2.24) is 9.13 Å². The number of rotatable bonds is 4. The van der Waals surface area contributed by atoms with Crippen molar-refractivity contribution < 1.29 is 0 Å². The van der Waals surface area contributed by atoms with Crippen LogP contribution in [0.15, 0.2) is 52.3 Å². The zero-order valence-electron chi connectivity index (χ0n) is 9.95. The van der Waals surface area contributed by atoms with Gasteiger partial charge in [-0.3, -0.25) is 9.59 Å². The highest BCUT2D eigenvalue weighted by molar-refractivity contribution is 5.33. The molecule has 2 aromatic heterocycles. The summed E-state index contributed by atoms with van der Waals surface area (Å²) >= 11 is 0. The fourth-order valence-electron chi connectivity index (χ4n) is 1.78. The van der Waals surface area contributed by atoms with Crippen molar-refractivity contribution in [3.05, 3.63) is 63.4 Å². The van der Waals surface area contributed by atoms with E-state index in [1.54, 1.807) is 33.7 Å². The predicted octanol–water partition coefficient (Wildman–Crippen LogP) is 0.682. The Hall–Kier alpha value is -2.30. The summed E-state index contributed by atoms with van der Waals surface area (Å²) in [6, 6.07) is 8.08. The van der Waals surface area contributed by atoms with Crippen LogP contribution in [0.3, 0.4) is 0 Å². The third kappa shape index (κ3) is 2.88. The zero-order valence-corrected chi connectivity index (χ0v) is 9.95. The van der Waals surface area contributed by atoms with Crippen LogP contribution in [0, 0.1) is 0 Å². The smallest absolute Gasteiger partial charge is 0.250 e. The van der Waals surface area contributed by atoms with Crippen LogP contribution in [0.2, 0.25) is 0 Å². The van der Waals surface area contributed by atoms with E-state index in [9.17, 15) is 9.59 Å². The first-order valence-electron chi connectivity index (χ1n) is 5.78. The molecule has 2 heterocycles. The lowest BCUT2D eigenvalue weighted by molar-refractivity contribution is 0.544. The van der Waals surface area contributed by atoms with E-state index in [1.807, 2.05) is 6.07 Å². The summed E-state index contributed by atoms with van der Waals surface area (Å²) < 4.78 is 3.18. The van der Waals surface area contributed by atoms with Crippen LogP contribution in [0.1, 0.15) is 6.42 Å². The first-order valence-corrected chi connectivity index (χ1v) is 5.78. The summed E-state index contributed by atoms with van der Waals surface area (Å²) in [7, 11) is 0. The Kier molecular flexibility index (Phi) is 3.62. The monoisotopic (exact) mass is 245 g/mol. The normalized spacial score (nSPS) is 10.4. The van der Waals surface area contributed by atoms with Crippen LogP contribution in [0.4, 0.5) is 5.69 Å². The third-order valence-electron chi connectivity index (χ3n) is 2.70. The lowest BCUT2D eigenvalue weighted by Crippen LogP contribution is -2.22. The number of nitrogens with zero attached hydrogens (tertiary/aromatic N) is 2. The summed E-state index contributed by atoms with van der Waals surface area (Å²) in [5.41, 5.74) is 6.07. The van der Waals surface area contributed by atoms with Crippen molar-refractivity contribution in [1.29, 1.82) is 0 Å². The van der Waals surface area contributed by atoms with Crippen molar-refractivity contribution in [3.8, 4) is 0 Å². The van der Waals surface area contributed by atoms with Gasteiger partial charge >= 0.3 is 0 Å². The molecular formula is C13H15N3O2. The molecule has 0 saturated heterocycles. The van der Waals surface area contributed by atoms with Crippen molar-refractivity contribution in [2.45, 2.75) is 19.5 Å². The number of nitrogen functional groups attached to an aromatic ring is 1. The third-order valence-corrected chi connectivity index (χ3v) is 2.70. The first-order chi connectivity index (χ1) is 8.66. The maximum Gasteiger partial charge on any atom is 0.250 e. The summed E-state index contributed by atoms with van der Waals surface area (Å²) in [4.78, 5) is 23.0. The maximum atomic E-state index is 11.5. The van der Waals surface area contributed by atoms with Gasteiger partial charge in [-0.05, 0) is 18.6 Å². The van der Waals surface area contributed by atoms with Crippen LogP contribution in [-0.4, -0.2) is 9.13 Å². The Morgan fingerprint density at radius 1 is 0.944 bits per heavy atom. The largest absolute Gasteiger partial charge is 0.398 e. The minimum atomic E-state index is -0.0791. The molecule has 2 aromatic rings. The quantitative estimate of drug-likeness (QED) is 0.861. The molecule has 0 aliphatic heterocycles. The summed E-state index contributed by atoms with van der Waals surface area (Å²) in [5.74, 6) is 0. The summed E-state index contributed by atoms with van der Waals surface area (Å²) in [6.07, 6.45) is 4.06. The van der Waals surface area contributed by atoms with Gasteiger partial charge in [-0.2, -0.15) is 0 Å². The van der Waals surface area contributed by atoms with Gasteiger partial charge in [0.15, 0.2) is 0 Å². The van der Waals surface area contributed by atoms with Gasteiger partial charge in [0, 0.05) is 43.3 Å². The van der Waals surface area contributed by atoms with Crippen molar-refractivity contribution >= 4 is 5.69 Å². The minimum Gasteiger partial charge on any atom is -0.398 e. The second-order valence-corrected chi connectivity index (χ2v) is 4.08. The maximum absolute atomic E-state index is 11.5. The molecule has 0 fully saturated rings. The topological polar surface area (TPSA) is 70.0 Å². The molecular weight excluding hydrogens is 230 g/mol. The highest BCUT2D eigenvalue weighted by atomic mass is 16.1. The molecule has 0 bridgehead atoms. The van der Waals surface area contributed by atoms with Crippen molar-refractivity contribution in [2.24, 2.45) is 0 Å². The van der Waals surface area contributed by atoms with Gasteiger partial charge in [0.2, 0.25) is 5.56 Å². The average molecular weight is 245 g/mol. The molecule has 0 aliphatic carbocycles. The molecule has 0 unspecified atom stereocenters. The number of hydrogen-bond donors (Lipinski definition) is 1. The standard InChI is InChI=1S/C13H15N3O2/c14-11-5-6-13(18)16(10-11)9-3-8-15-7-2-1-4-12(15)17/h1-2,4-7,10H,3,8-9,14H2. The van der Waals surface area contributed by atoms with Crippen molar-refractivity contribution in [2.75, 3.05) is 5.73 Å². The molecule has 94 valence electrons. The van der Waals surface area contributed by atoms with Gasteiger partial charge in [-0.25, -0.2) is 0 Å². The van der Waals surface area contributed by atoms with Gasteiger partial charge in [-0.15, -0.1) is 0 Å². The van der Waals surface area contributed by atoms with E-state index in [-0.39, 0.29) is 11.1 Å². The predicted molar refractivity (Wildman–Crippen MR) is 70.4 cm³/mol. The Morgan fingerprint density at radius 3 is 2.44 bits per heavy atom. The number of anilines is 1. The molecule has 5 heteroatoms. The van der Waals surface area contributed by atoms with Gasteiger partial charge in [0.05, 0.1) is 0 Å². The first kappa shape index (κ1) is 12.2. The van der Waals surface area contributed by atoms with Crippen molar-refractivity contribution in [3.63, 3.8) is 0 Å². The van der Waals surface area contributed by atoms with E-state index in [4.69, 9.17) is 5.73 Å². The molecule has 2 rings (SSSR count). The van der Waals surface area contributed by atoms with Crippen LogP contribution < -0.4 is 16.9 Å². The van der Waals surface area contributed by atoms with E-state index < -0.39 is 0 Å². The second-order valence-electron chi connectivity index (χ2n) is 4.08. The van der Waals surface area contributed by atoms with Crippen LogP contribution in [0.5, 0.6) is 0 Å². The molecule has 0 amide bonds. The van der Waals surface area contributed by atoms with E-state index in [0.717, 1.165) is 0 Å². The SMILES string of the molecule is Nc1ccc(=O)n(CCCn2ccccc2=O)c1. The zero-order chi connectivity index (χ0) is 13.0. The van der Waals surface area contributed by atoms with E-state index in [0.29, 0.717) is 25.2 Å². The Morgan fingerprint density at radius 2 is 1.67 bits per heavy atom. The molecule has 18 heavy (non-hydrogen) atoms. The minimum absolute atomic E-state index is 0.0302. The molecule has 0 aliphatic rings. The van der Waals surface area contributed by atoms with E-state index in [1.165, 1.54) is 12.1 Å². The number of aryl methyl sites for hydroxylation is 2. The molecule has 0 aromatic carbocycles. The Balaban J connectivity index is 2.01. The molecule has 5 nitrogen and oxygen atoms in total. The van der Waals surface area contributed by atoms with Gasteiger partial charge in [0.1, 0.15) is 0 Å². The number of hydrogen-bond acceptors (Lipinski definition) is 3. The van der Waals surface area contributed by atoms with Crippen LogP contribution in [-0.2, 0) is 13.1 Å². The van der Waals surface area contributed by atoms with Gasteiger partial charge < -0.3 is 14.9 Å². The molecule has 0 saturated carbocycles. The van der Waals surface area contributed by atoms with E-state index >= 15 is 0 Å². The lowest BCUT2D eigenvalue weighted by atomic mass is 10.3. The summed E-state index contributed by atoms with van der Waals surface area (Å²) in [5, 5.41) is 0. The summed E-state index contributed by atoms with van der Waals surface area (Å²) in [6.45, 7) is 1.13. The molecule has 0 atom stereocenters. The van der Waals surface area contributed by atoms with E-state index in [2.05, 4.69) is 0 Å². The van der Waals surface area contributed by atoms with Crippen LogP contribution >= 0.6 is 0 Å². The number of nitrogens with two attached hydrogens (primary N) is 1. The average Bonchev–Trinajstić information content (AvgIpc) is 2.36. The number of aromatic nitrogens is 2. The molecule has 0 radical (unpaired) electrons. The second kappa shape index (κ2) is 5.35. The number of pyridine rings is 2. The van der Waals surface area contributed by atoms with Gasteiger partial charge in [0.25, 0.3) is 5.56 Å². The lowest BCUT2D eigenvalue weighted by Gasteiger charge is -2.07. The fraction of sp³-hybridized carbons (Fsp3) is 0.231. The van der Waals surface area contributed by atoms with Crippen LogP contribution in [0.25, 0.3) is 0 Å². The highest BCUT2D eigenvalue weighted by Crippen LogP contribution is 1.98. The molecule has 0 spiro atoms. The highest BCUT2D eigenvalue weighted by Gasteiger charge is 1.98. The Labute approximate surface area is 104 Å². The van der Waals surface area contributed by atoms with Gasteiger partial charge in [-0.1, -0.05) is 6.07 Å². The molecule has 2 N–H and O–H groups in total. The fourth-order valence-corrected chi connectivity index (χ4v) is 1.78. The Bertz CT molecular complexity index is 643.